The molecule has 0 amide bonds. The topological polar surface area (TPSA) is 20.2 Å². The quantitative estimate of drug-likeness (QED) is 0.431. The van der Waals surface area contributed by atoms with Crippen molar-refractivity contribution in [1.82, 2.24) is 0 Å². The molecular formula is C7H14IO-. The number of rotatable bonds is 1. The summed E-state index contributed by atoms with van der Waals surface area (Å²) in [6.07, 6.45) is 3.59. The van der Waals surface area contributed by atoms with Crippen LogP contribution in [-0.2, 0) is 0 Å². The zero-order chi connectivity index (χ0) is 6.91. The van der Waals surface area contributed by atoms with E-state index >= 15 is 0 Å². The van der Waals surface area contributed by atoms with Crippen molar-refractivity contribution in [3.8, 4) is 0 Å². The van der Waals surface area contributed by atoms with Gasteiger partial charge >= 0.3 is 67.0 Å². The van der Waals surface area contributed by atoms with E-state index in [1.807, 2.05) is 0 Å². The van der Waals surface area contributed by atoms with Gasteiger partial charge < -0.3 is 0 Å². The third-order valence-corrected chi connectivity index (χ3v) is 6.18. The number of hydrogen-bond donors (Lipinski definition) is 1. The Labute approximate surface area is 67.1 Å². The normalized spacial score (nSPS) is 44.6. The molecule has 56 valence electrons. The standard InChI is InChI=1S/C7H14IO/c1-3-7(2)5-4-6(9)8-7/h6,9H,3-5H2,1-2H3/q-1/t6?,7-/m1/s1. The Kier molecular flexibility index (Phi) is 2.37. The molecular weight excluding hydrogens is 227 g/mol. The van der Waals surface area contributed by atoms with Crippen LogP contribution in [0.2, 0.25) is 0 Å². The van der Waals surface area contributed by atoms with Crippen LogP contribution in [0.3, 0.4) is 0 Å². The Hall–Kier alpha value is 0.690. The molecule has 1 aliphatic rings. The Balaban J connectivity index is 2.45. The van der Waals surface area contributed by atoms with Crippen molar-refractivity contribution in [3.05, 3.63) is 0 Å². The van der Waals surface area contributed by atoms with Gasteiger partial charge in [-0.05, 0) is 0 Å². The van der Waals surface area contributed by atoms with Crippen molar-refractivity contribution in [1.29, 1.82) is 0 Å². The summed E-state index contributed by atoms with van der Waals surface area (Å²) in [6, 6.07) is 0. The summed E-state index contributed by atoms with van der Waals surface area (Å²) in [5, 5.41) is 9.24. The molecule has 0 aromatic carbocycles. The van der Waals surface area contributed by atoms with E-state index < -0.39 is 0 Å². The molecule has 0 spiro atoms. The van der Waals surface area contributed by atoms with E-state index in [4.69, 9.17) is 0 Å². The van der Waals surface area contributed by atoms with Crippen molar-refractivity contribution in [2.75, 3.05) is 0 Å². The van der Waals surface area contributed by atoms with Gasteiger partial charge in [-0.3, -0.25) is 0 Å². The van der Waals surface area contributed by atoms with Crippen molar-refractivity contribution in [3.63, 3.8) is 0 Å². The monoisotopic (exact) mass is 241 g/mol. The fourth-order valence-electron chi connectivity index (χ4n) is 1.09. The zero-order valence-corrected chi connectivity index (χ0v) is 8.18. The number of aliphatic hydroxyl groups is 1. The van der Waals surface area contributed by atoms with Crippen LogP contribution < -0.4 is 21.2 Å². The maximum atomic E-state index is 9.24. The molecule has 1 aliphatic heterocycles. The molecule has 0 saturated carbocycles. The van der Waals surface area contributed by atoms with Gasteiger partial charge in [0.1, 0.15) is 0 Å². The fraction of sp³-hybridized carbons (Fsp3) is 1.00. The van der Waals surface area contributed by atoms with Crippen molar-refractivity contribution in [2.45, 2.75) is 40.6 Å². The van der Waals surface area contributed by atoms with Gasteiger partial charge in [0.25, 0.3) is 0 Å². The van der Waals surface area contributed by atoms with E-state index in [-0.39, 0.29) is 25.3 Å². The minimum absolute atomic E-state index is 0.0854. The van der Waals surface area contributed by atoms with Crippen LogP contribution in [0.4, 0.5) is 0 Å². The second-order valence-corrected chi connectivity index (χ2v) is 7.51. The first kappa shape index (κ1) is 7.79. The molecule has 1 saturated heterocycles. The average Bonchev–Trinajstić information content (AvgIpc) is 2.13. The number of hydrogen-bond acceptors (Lipinski definition) is 1. The molecule has 1 fully saturated rings. The first-order valence-electron chi connectivity index (χ1n) is 3.49. The van der Waals surface area contributed by atoms with E-state index in [2.05, 4.69) is 13.8 Å². The number of halogens is 1. The second-order valence-electron chi connectivity index (χ2n) is 2.85. The van der Waals surface area contributed by atoms with Crippen molar-refractivity contribution in [2.24, 2.45) is 0 Å². The third kappa shape index (κ3) is 1.80. The Morgan fingerprint density at radius 1 is 1.78 bits per heavy atom. The third-order valence-electron chi connectivity index (χ3n) is 2.03. The van der Waals surface area contributed by atoms with Gasteiger partial charge in [-0.1, -0.05) is 0 Å². The molecule has 1 nitrogen and oxygen atoms in total. The van der Waals surface area contributed by atoms with Crippen LogP contribution in [0.5, 0.6) is 0 Å². The summed E-state index contributed by atoms with van der Waals surface area (Å²) in [5.41, 5.74) is 0. The van der Waals surface area contributed by atoms with Gasteiger partial charge in [-0.25, -0.2) is 0 Å². The maximum absolute atomic E-state index is 9.24. The van der Waals surface area contributed by atoms with Crippen molar-refractivity contribution >= 4 is 0 Å². The van der Waals surface area contributed by atoms with E-state index in [0.29, 0.717) is 3.42 Å². The molecule has 1 rings (SSSR count). The first-order valence-corrected chi connectivity index (χ1v) is 5.81. The van der Waals surface area contributed by atoms with Gasteiger partial charge in [0, 0.05) is 0 Å². The average molecular weight is 241 g/mol. The molecule has 1 heterocycles. The Morgan fingerprint density at radius 2 is 2.44 bits per heavy atom. The molecule has 9 heavy (non-hydrogen) atoms. The zero-order valence-electron chi connectivity index (χ0n) is 6.02. The Bertz CT molecular complexity index is 105. The predicted molar refractivity (Wildman–Crippen MR) is 33.9 cm³/mol. The molecule has 0 aliphatic carbocycles. The van der Waals surface area contributed by atoms with Crippen LogP contribution in [0, 0.1) is 0 Å². The SMILES string of the molecule is CC[C@]1(C)CCC(O)[I-]1. The van der Waals surface area contributed by atoms with E-state index in [1.165, 1.54) is 12.8 Å². The van der Waals surface area contributed by atoms with Gasteiger partial charge in [0.2, 0.25) is 0 Å². The van der Waals surface area contributed by atoms with E-state index in [9.17, 15) is 5.11 Å². The van der Waals surface area contributed by atoms with Gasteiger partial charge in [0.05, 0.1) is 0 Å². The second kappa shape index (κ2) is 2.74. The summed E-state index contributed by atoms with van der Waals surface area (Å²) in [6.45, 7) is 4.55. The molecule has 2 heteroatoms. The molecule has 2 atom stereocenters. The molecule has 1 unspecified atom stereocenters. The summed E-state index contributed by atoms with van der Waals surface area (Å²) in [4.78, 5) is 0. The van der Waals surface area contributed by atoms with Crippen LogP contribution in [0.1, 0.15) is 33.1 Å². The first-order chi connectivity index (χ1) is 4.16. The van der Waals surface area contributed by atoms with E-state index in [1.54, 1.807) is 0 Å². The summed E-state index contributed by atoms with van der Waals surface area (Å²) < 4.78 is 0.673. The molecule has 1 N–H and O–H groups in total. The number of aliphatic hydroxyl groups excluding tert-OH is 1. The summed E-state index contributed by atoms with van der Waals surface area (Å²) in [5.74, 6) is 0. The molecule has 0 aromatic heterocycles. The fourth-order valence-corrected chi connectivity index (χ4v) is 4.51. The molecule has 0 radical (unpaired) electrons. The summed E-state index contributed by atoms with van der Waals surface area (Å²) >= 11 is 0.0854. The van der Waals surface area contributed by atoms with Crippen LogP contribution in [-0.4, -0.2) is 12.6 Å². The van der Waals surface area contributed by atoms with E-state index in [0.717, 1.165) is 6.42 Å². The van der Waals surface area contributed by atoms with Crippen LogP contribution in [0.15, 0.2) is 0 Å². The van der Waals surface area contributed by atoms with Crippen LogP contribution >= 0.6 is 0 Å². The number of alkyl halides is 2. The predicted octanol–water partition coefficient (Wildman–Crippen LogP) is -1.64. The van der Waals surface area contributed by atoms with Gasteiger partial charge in [-0.2, -0.15) is 0 Å². The van der Waals surface area contributed by atoms with Crippen LogP contribution in [0.25, 0.3) is 0 Å². The summed E-state index contributed by atoms with van der Waals surface area (Å²) in [7, 11) is 0. The molecule has 0 bridgehead atoms. The van der Waals surface area contributed by atoms with Gasteiger partial charge in [-0.15, -0.1) is 0 Å². The minimum atomic E-state index is 0.0854. The Morgan fingerprint density at radius 3 is 2.67 bits per heavy atom. The van der Waals surface area contributed by atoms with Crippen molar-refractivity contribution < 1.29 is 26.3 Å². The van der Waals surface area contributed by atoms with Gasteiger partial charge in [0.15, 0.2) is 0 Å². The molecule has 0 aromatic rings.